The Balaban J connectivity index is 2.59. The van der Waals surface area contributed by atoms with Gasteiger partial charge >= 0.3 is 0 Å². The van der Waals surface area contributed by atoms with Gasteiger partial charge in [-0.25, -0.2) is 4.89 Å². The summed E-state index contributed by atoms with van der Waals surface area (Å²) in [7, 11) is 0. The lowest BCUT2D eigenvalue weighted by molar-refractivity contribution is -0.323. The van der Waals surface area contributed by atoms with Crippen LogP contribution in [0, 0.1) is 0 Å². The van der Waals surface area contributed by atoms with Crippen LogP contribution in [0.2, 0.25) is 0 Å². The first-order valence-electron chi connectivity index (χ1n) is 3.72. The van der Waals surface area contributed by atoms with Crippen molar-refractivity contribution in [1.82, 2.24) is 0 Å². The summed E-state index contributed by atoms with van der Waals surface area (Å²) >= 11 is 0. The average molecular weight is 196 g/mol. The molecule has 7 nitrogen and oxygen atoms in total. The fourth-order valence-electron chi connectivity index (χ4n) is 1.14. The maximum atomic E-state index is 9.22. The van der Waals surface area contributed by atoms with E-state index in [1.807, 2.05) is 0 Å². The van der Waals surface area contributed by atoms with Gasteiger partial charge < -0.3 is 25.2 Å². The molecule has 1 rings (SSSR count). The van der Waals surface area contributed by atoms with Crippen LogP contribution in [-0.4, -0.2) is 63.0 Å². The van der Waals surface area contributed by atoms with E-state index in [1.165, 1.54) is 0 Å². The summed E-state index contributed by atoms with van der Waals surface area (Å²) in [4.78, 5) is 3.69. The van der Waals surface area contributed by atoms with E-state index in [2.05, 4.69) is 9.62 Å². The van der Waals surface area contributed by atoms with Gasteiger partial charge in [0, 0.05) is 0 Å². The molecule has 5 N–H and O–H groups in total. The third-order valence-corrected chi connectivity index (χ3v) is 1.93. The minimum atomic E-state index is -1.60. The molecule has 1 saturated heterocycles. The maximum absolute atomic E-state index is 9.22. The normalized spacial score (nSPS) is 46.4. The van der Waals surface area contributed by atoms with Crippen molar-refractivity contribution in [3.63, 3.8) is 0 Å². The Kier molecular flexibility index (Phi) is 3.56. The van der Waals surface area contributed by atoms with Crippen molar-refractivity contribution in [3.05, 3.63) is 0 Å². The molecule has 0 aromatic carbocycles. The molecule has 1 aliphatic rings. The van der Waals surface area contributed by atoms with E-state index in [1.54, 1.807) is 0 Å². The fraction of sp³-hybridized carbons (Fsp3) is 1.00. The summed E-state index contributed by atoms with van der Waals surface area (Å²) < 4.78 is 4.63. The summed E-state index contributed by atoms with van der Waals surface area (Å²) in [5.74, 6) is 0. The zero-order valence-electron chi connectivity index (χ0n) is 6.65. The molecule has 1 fully saturated rings. The van der Waals surface area contributed by atoms with Gasteiger partial charge in [-0.2, -0.15) is 0 Å². The predicted molar refractivity (Wildman–Crippen MR) is 37.5 cm³/mol. The second-order valence-corrected chi connectivity index (χ2v) is 2.83. The van der Waals surface area contributed by atoms with Gasteiger partial charge in [-0.3, -0.25) is 5.26 Å². The molecular weight excluding hydrogens is 184 g/mol. The lowest BCUT2D eigenvalue weighted by Gasteiger charge is -2.37. The number of aliphatic hydroxyl groups excluding tert-OH is 4. The van der Waals surface area contributed by atoms with Crippen LogP contribution in [0.3, 0.4) is 0 Å². The summed E-state index contributed by atoms with van der Waals surface area (Å²) in [6.07, 6.45) is -7.17. The van der Waals surface area contributed by atoms with Gasteiger partial charge in [-0.05, 0) is 0 Å². The van der Waals surface area contributed by atoms with Gasteiger partial charge in [0.2, 0.25) is 0 Å². The van der Waals surface area contributed by atoms with Crippen molar-refractivity contribution < 1.29 is 35.3 Å². The third kappa shape index (κ3) is 2.15. The average Bonchev–Trinajstić information content (AvgIpc) is 2.11. The zero-order valence-corrected chi connectivity index (χ0v) is 6.65. The molecule has 0 aliphatic carbocycles. The Hall–Kier alpha value is -0.280. The van der Waals surface area contributed by atoms with E-state index < -0.39 is 37.3 Å². The highest BCUT2D eigenvalue weighted by molar-refractivity contribution is 4.88. The number of rotatable bonds is 2. The van der Waals surface area contributed by atoms with Gasteiger partial charge in [0.25, 0.3) is 0 Å². The molecule has 0 spiro atoms. The molecule has 0 aromatic heterocycles. The van der Waals surface area contributed by atoms with Crippen LogP contribution in [0.25, 0.3) is 0 Å². The molecule has 78 valence electrons. The molecule has 7 heteroatoms. The van der Waals surface area contributed by atoms with E-state index in [0.717, 1.165) is 0 Å². The van der Waals surface area contributed by atoms with Crippen LogP contribution in [0.4, 0.5) is 0 Å². The molecule has 5 atom stereocenters. The molecule has 0 aromatic rings. The van der Waals surface area contributed by atoms with Crippen LogP contribution in [0.1, 0.15) is 0 Å². The number of aliphatic hydroxyl groups is 4. The summed E-state index contributed by atoms with van der Waals surface area (Å²) in [6.45, 7) is -0.401. The highest BCUT2D eigenvalue weighted by Gasteiger charge is 2.42. The standard InChI is InChI=1S/C6H12O7/c7-3-2(1-12-11)13-6(10)5(9)4(3)8/h2-11H,1H2/t2-,3+,4+,5-,6+/m1/s1. The van der Waals surface area contributed by atoms with Crippen LogP contribution < -0.4 is 0 Å². The summed E-state index contributed by atoms with van der Waals surface area (Å²) in [6, 6.07) is 0. The van der Waals surface area contributed by atoms with Crippen LogP contribution in [-0.2, 0) is 9.62 Å². The Morgan fingerprint density at radius 1 is 1.00 bits per heavy atom. The van der Waals surface area contributed by atoms with Crippen LogP contribution in [0.15, 0.2) is 0 Å². The van der Waals surface area contributed by atoms with Crippen molar-refractivity contribution in [2.24, 2.45) is 0 Å². The Morgan fingerprint density at radius 2 is 1.62 bits per heavy atom. The van der Waals surface area contributed by atoms with Gasteiger partial charge in [0.05, 0.1) is 0 Å². The smallest absolute Gasteiger partial charge is 0.184 e. The molecule has 0 saturated carbocycles. The summed E-state index contributed by atoms with van der Waals surface area (Å²) in [5, 5.41) is 44.4. The Bertz CT molecular complexity index is 163. The first kappa shape index (κ1) is 10.8. The molecule has 0 radical (unpaired) electrons. The fourth-order valence-corrected chi connectivity index (χ4v) is 1.14. The number of hydrogen-bond acceptors (Lipinski definition) is 7. The van der Waals surface area contributed by atoms with Crippen LogP contribution in [0.5, 0.6) is 0 Å². The van der Waals surface area contributed by atoms with Gasteiger partial charge in [0.1, 0.15) is 31.0 Å². The molecule has 0 unspecified atom stereocenters. The van der Waals surface area contributed by atoms with Crippen molar-refractivity contribution in [3.8, 4) is 0 Å². The van der Waals surface area contributed by atoms with E-state index in [4.69, 9.17) is 20.6 Å². The molecule has 0 amide bonds. The molecular formula is C6H12O7. The lowest BCUT2D eigenvalue weighted by Crippen LogP contribution is -2.58. The lowest BCUT2D eigenvalue weighted by atomic mass is 9.99. The second kappa shape index (κ2) is 4.29. The SMILES string of the molecule is OOC[C@H]1O[C@H](O)[C@H](O)[C@@H](O)[C@H]1O. The van der Waals surface area contributed by atoms with Crippen molar-refractivity contribution in [2.75, 3.05) is 6.61 Å². The molecule has 1 heterocycles. The Labute approximate surface area is 73.7 Å². The number of ether oxygens (including phenoxy) is 1. The molecule has 1 aliphatic heterocycles. The highest BCUT2D eigenvalue weighted by atomic mass is 17.1. The van der Waals surface area contributed by atoms with E-state index in [9.17, 15) is 5.11 Å². The van der Waals surface area contributed by atoms with Crippen LogP contribution >= 0.6 is 0 Å². The zero-order chi connectivity index (χ0) is 10.0. The first-order valence-corrected chi connectivity index (χ1v) is 3.72. The first-order chi connectivity index (χ1) is 6.07. The highest BCUT2D eigenvalue weighted by Crippen LogP contribution is 2.19. The largest absolute Gasteiger partial charge is 0.387 e. The second-order valence-electron chi connectivity index (χ2n) is 2.83. The summed E-state index contributed by atoms with van der Waals surface area (Å²) in [5.41, 5.74) is 0. The predicted octanol–water partition coefficient (Wildman–Crippen LogP) is -2.72. The number of hydrogen-bond donors (Lipinski definition) is 5. The minimum Gasteiger partial charge on any atom is -0.387 e. The van der Waals surface area contributed by atoms with E-state index >= 15 is 0 Å². The minimum absolute atomic E-state index is 0.401. The van der Waals surface area contributed by atoms with Crippen molar-refractivity contribution >= 4 is 0 Å². The van der Waals surface area contributed by atoms with Gasteiger partial charge in [0.15, 0.2) is 6.29 Å². The Morgan fingerprint density at radius 3 is 2.15 bits per heavy atom. The topological polar surface area (TPSA) is 120 Å². The monoisotopic (exact) mass is 196 g/mol. The molecule has 13 heavy (non-hydrogen) atoms. The third-order valence-electron chi connectivity index (χ3n) is 1.93. The van der Waals surface area contributed by atoms with Gasteiger partial charge in [-0.1, -0.05) is 0 Å². The van der Waals surface area contributed by atoms with Crippen molar-refractivity contribution in [2.45, 2.75) is 30.7 Å². The molecule has 0 bridgehead atoms. The quantitative estimate of drug-likeness (QED) is 0.240. The van der Waals surface area contributed by atoms with Crippen molar-refractivity contribution in [1.29, 1.82) is 0 Å². The van der Waals surface area contributed by atoms with E-state index in [-0.39, 0.29) is 0 Å². The van der Waals surface area contributed by atoms with Gasteiger partial charge in [-0.15, -0.1) is 0 Å². The maximum Gasteiger partial charge on any atom is 0.184 e. The van der Waals surface area contributed by atoms with E-state index in [0.29, 0.717) is 0 Å².